The van der Waals surface area contributed by atoms with Crippen molar-refractivity contribution in [1.82, 2.24) is 20.4 Å². The van der Waals surface area contributed by atoms with Crippen LogP contribution in [-0.4, -0.2) is 21.0 Å². The van der Waals surface area contributed by atoms with Crippen molar-refractivity contribution < 1.29 is 22.5 Å². The first-order chi connectivity index (χ1) is 10.8. The van der Waals surface area contributed by atoms with E-state index >= 15 is 0 Å². The van der Waals surface area contributed by atoms with Crippen molar-refractivity contribution in [2.24, 2.45) is 0 Å². The van der Waals surface area contributed by atoms with Crippen LogP contribution in [0.5, 0.6) is 0 Å². The molecule has 0 spiro atoms. The van der Waals surface area contributed by atoms with Crippen molar-refractivity contribution in [3.05, 3.63) is 27.8 Å². The average molecular weight is 348 g/mol. The highest BCUT2D eigenvalue weighted by Gasteiger charge is 2.34. The number of thiazole rings is 1. The standard InChI is InChI=1S/C13H15F3N4O2S/c1-3-8(12-19-9(6-23-12)13(14,15)16)18-10(21)4-5-11-17-7(2)20-22-11/h6,8H,3-5H2,1-2H3,(H,18,21). The molecule has 126 valence electrons. The zero-order chi connectivity index (χ0) is 17.0. The highest BCUT2D eigenvalue weighted by Crippen LogP contribution is 2.32. The lowest BCUT2D eigenvalue weighted by Gasteiger charge is -2.14. The second-order valence-corrected chi connectivity index (χ2v) is 5.72. The molecule has 1 unspecified atom stereocenters. The van der Waals surface area contributed by atoms with Crippen LogP contribution < -0.4 is 5.32 Å². The van der Waals surface area contributed by atoms with Crippen LogP contribution in [0.3, 0.4) is 0 Å². The van der Waals surface area contributed by atoms with E-state index in [1.165, 1.54) is 0 Å². The van der Waals surface area contributed by atoms with Gasteiger partial charge in [-0.25, -0.2) is 4.98 Å². The topological polar surface area (TPSA) is 80.9 Å². The van der Waals surface area contributed by atoms with Gasteiger partial charge in [-0.15, -0.1) is 11.3 Å². The van der Waals surface area contributed by atoms with Gasteiger partial charge >= 0.3 is 6.18 Å². The minimum Gasteiger partial charge on any atom is -0.347 e. The number of rotatable bonds is 6. The van der Waals surface area contributed by atoms with Crippen LogP contribution in [0.1, 0.15) is 48.2 Å². The molecule has 2 aromatic rings. The SMILES string of the molecule is CCC(NC(=O)CCc1nc(C)no1)c1nc(C(F)(F)F)cs1. The van der Waals surface area contributed by atoms with Crippen LogP contribution in [0.15, 0.2) is 9.90 Å². The molecule has 2 aromatic heterocycles. The van der Waals surface area contributed by atoms with E-state index in [-0.39, 0.29) is 23.8 Å². The molecule has 2 rings (SSSR count). The summed E-state index contributed by atoms with van der Waals surface area (Å²) in [6, 6.07) is -0.548. The molecule has 0 aliphatic carbocycles. The van der Waals surface area contributed by atoms with Crippen molar-refractivity contribution in [1.29, 1.82) is 0 Å². The van der Waals surface area contributed by atoms with Gasteiger partial charge in [0.15, 0.2) is 11.5 Å². The minimum absolute atomic E-state index is 0.107. The Labute approximate surface area is 134 Å². The molecule has 1 atom stereocenters. The summed E-state index contributed by atoms with van der Waals surface area (Å²) in [7, 11) is 0. The predicted molar refractivity (Wildman–Crippen MR) is 75.6 cm³/mol. The number of aromatic nitrogens is 3. The molecule has 0 saturated carbocycles. The lowest BCUT2D eigenvalue weighted by Crippen LogP contribution is -2.28. The van der Waals surface area contributed by atoms with Gasteiger partial charge in [-0.3, -0.25) is 4.79 Å². The maximum absolute atomic E-state index is 12.6. The normalized spacial score (nSPS) is 13.1. The van der Waals surface area contributed by atoms with Gasteiger partial charge in [-0.1, -0.05) is 12.1 Å². The van der Waals surface area contributed by atoms with Crippen LogP contribution in [-0.2, 0) is 17.4 Å². The molecule has 23 heavy (non-hydrogen) atoms. The van der Waals surface area contributed by atoms with Gasteiger partial charge in [-0.2, -0.15) is 18.2 Å². The number of nitrogens with one attached hydrogen (secondary N) is 1. The summed E-state index contributed by atoms with van der Waals surface area (Å²) in [6.07, 6.45) is -3.66. The Hall–Kier alpha value is -1.97. The van der Waals surface area contributed by atoms with Gasteiger partial charge in [0.05, 0.1) is 6.04 Å². The fraction of sp³-hybridized carbons (Fsp3) is 0.538. The Kier molecular flexibility index (Phi) is 5.34. The summed E-state index contributed by atoms with van der Waals surface area (Å²) in [5.74, 6) is 0.519. The summed E-state index contributed by atoms with van der Waals surface area (Å²) >= 11 is 0.882. The van der Waals surface area contributed by atoms with Crippen LogP contribution in [0.25, 0.3) is 0 Å². The highest BCUT2D eigenvalue weighted by molar-refractivity contribution is 7.09. The molecule has 0 bridgehead atoms. The largest absolute Gasteiger partial charge is 0.434 e. The molecular formula is C13H15F3N4O2S. The van der Waals surface area contributed by atoms with Crippen LogP contribution in [0.2, 0.25) is 0 Å². The molecule has 0 aromatic carbocycles. The summed E-state index contributed by atoms with van der Waals surface area (Å²) in [5.41, 5.74) is -0.938. The first kappa shape index (κ1) is 17.4. The van der Waals surface area contributed by atoms with E-state index in [1.807, 2.05) is 0 Å². The molecule has 10 heteroatoms. The molecule has 6 nitrogen and oxygen atoms in total. The number of hydrogen-bond donors (Lipinski definition) is 1. The number of nitrogens with zero attached hydrogens (tertiary/aromatic N) is 3. The van der Waals surface area contributed by atoms with Crippen LogP contribution >= 0.6 is 11.3 Å². The summed E-state index contributed by atoms with van der Waals surface area (Å²) in [4.78, 5) is 19.5. The molecule has 2 heterocycles. The number of carbonyl (C=O) groups is 1. The maximum Gasteiger partial charge on any atom is 0.434 e. The third-order valence-electron chi connectivity index (χ3n) is 2.99. The molecule has 1 amide bonds. The summed E-state index contributed by atoms with van der Waals surface area (Å²) in [6.45, 7) is 3.43. The zero-order valence-corrected chi connectivity index (χ0v) is 13.3. The van der Waals surface area contributed by atoms with Gasteiger partial charge in [0, 0.05) is 18.2 Å². The monoisotopic (exact) mass is 348 g/mol. The second-order valence-electron chi connectivity index (χ2n) is 4.83. The first-order valence-corrected chi connectivity index (χ1v) is 7.78. The highest BCUT2D eigenvalue weighted by atomic mass is 32.1. The van der Waals surface area contributed by atoms with Crippen molar-refractivity contribution in [3.8, 4) is 0 Å². The van der Waals surface area contributed by atoms with Crippen molar-refractivity contribution >= 4 is 17.2 Å². The smallest absolute Gasteiger partial charge is 0.347 e. The molecule has 1 N–H and O–H groups in total. The van der Waals surface area contributed by atoms with E-state index in [4.69, 9.17) is 4.52 Å². The lowest BCUT2D eigenvalue weighted by molar-refractivity contribution is -0.140. The number of halogens is 3. The van der Waals surface area contributed by atoms with Crippen molar-refractivity contribution in [2.45, 2.75) is 45.3 Å². The predicted octanol–water partition coefficient (Wildman–Crippen LogP) is 3.05. The lowest BCUT2D eigenvalue weighted by atomic mass is 10.2. The van der Waals surface area contributed by atoms with Gasteiger partial charge in [0.25, 0.3) is 0 Å². The number of alkyl halides is 3. The maximum atomic E-state index is 12.6. The fourth-order valence-electron chi connectivity index (χ4n) is 1.84. The van der Waals surface area contributed by atoms with Crippen LogP contribution in [0, 0.1) is 6.92 Å². The number of carbonyl (C=O) groups excluding carboxylic acids is 1. The van der Waals surface area contributed by atoms with Gasteiger partial charge in [0.2, 0.25) is 11.8 Å². The molecule has 0 aliphatic rings. The van der Waals surface area contributed by atoms with Crippen molar-refractivity contribution in [2.75, 3.05) is 0 Å². The first-order valence-electron chi connectivity index (χ1n) is 6.90. The molecule has 0 aliphatic heterocycles. The van der Waals surface area contributed by atoms with Gasteiger partial charge in [0.1, 0.15) is 5.01 Å². The third-order valence-corrected chi connectivity index (χ3v) is 3.95. The Bertz CT molecular complexity index is 668. The van der Waals surface area contributed by atoms with E-state index in [0.717, 1.165) is 16.7 Å². The van der Waals surface area contributed by atoms with E-state index in [2.05, 4.69) is 20.4 Å². The Morgan fingerprint density at radius 1 is 1.43 bits per heavy atom. The quantitative estimate of drug-likeness (QED) is 0.868. The fourth-order valence-corrected chi connectivity index (χ4v) is 2.80. The minimum atomic E-state index is -4.48. The van der Waals surface area contributed by atoms with E-state index in [0.29, 0.717) is 18.1 Å². The number of aryl methyl sites for hydroxylation is 2. The van der Waals surface area contributed by atoms with E-state index in [9.17, 15) is 18.0 Å². The summed E-state index contributed by atoms with van der Waals surface area (Å²) in [5, 5.41) is 7.48. The van der Waals surface area contributed by atoms with Gasteiger partial charge < -0.3 is 9.84 Å². The van der Waals surface area contributed by atoms with Gasteiger partial charge in [-0.05, 0) is 13.3 Å². The number of amides is 1. The Balaban J connectivity index is 1.93. The average Bonchev–Trinajstić information content (AvgIpc) is 3.11. The third kappa shape index (κ3) is 4.75. The van der Waals surface area contributed by atoms with Crippen LogP contribution in [0.4, 0.5) is 13.2 Å². The summed E-state index contributed by atoms with van der Waals surface area (Å²) < 4.78 is 42.6. The van der Waals surface area contributed by atoms with E-state index < -0.39 is 17.9 Å². The molecule has 0 radical (unpaired) electrons. The molecular weight excluding hydrogens is 333 g/mol. The molecule has 0 saturated heterocycles. The number of hydrogen-bond acceptors (Lipinski definition) is 6. The Morgan fingerprint density at radius 2 is 2.17 bits per heavy atom. The second kappa shape index (κ2) is 7.07. The Morgan fingerprint density at radius 3 is 2.70 bits per heavy atom. The zero-order valence-electron chi connectivity index (χ0n) is 12.5. The molecule has 0 fully saturated rings. The van der Waals surface area contributed by atoms with Crippen molar-refractivity contribution in [3.63, 3.8) is 0 Å². The van der Waals surface area contributed by atoms with E-state index in [1.54, 1.807) is 13.8 Å².